The van der Waals surface area contributed by atoms with Gasteiger partial charge in [-0.3, -0.25) is 0 Å². The summed E-state index contributed by atoms with van der Waals surface area (Å²) < 4.78 is 0. The van der Waals surface area contributed by atoms with Crippen molar-refractivity contribution < 1.29 is 0 Å². The predicted molar refractivity (Wildman–Crippen MR) is 96.0 cm³/mol. The second kappa shape index (κ2) is 8.75. The standard InChI is InChI=1S/C17H31NS2/c1-4-11-18-17(15-9-7-5-6-8-10-15)16-12-19-13(2)14(3)20-16/h9,13-14,16-18H,4-8,10-12H2,1-3H3. The Morgan fingerprint density at radius 3 is 2.85 bits per heavy atom. The van der Waals surface area contributed by atoms with Gasteiger partial charge in [-0.05, 0) is 38.6 Å². The molecule has 0 aromatic rings. The van der Waals surface area contributed by atoms with Crippen LogP contribution in [0.25, 0.3) is 0 Å². The minimum absolute atomic E-state index is 0.625. The summed E-state index contributed by atoms with van der Waals surface area (Å²) in [7, 11) is 0. The molecule has 1 aliphatic carbocycles. The molecule has 4 unspecified atom stereocenters. The summed E-state index contributed by atoms with van der Waals surface area (Å²) in [5.74, 6) is 1.31. The smallest absolute Gasteiger partial charge is 0.0407 e. The Bertz CT molecular complexity index is 316. The van der Waals surface area contributed by atoms with Gasteiger partial charge in [-0.25, -0.2) is 0 Å². The molecule has 4 atom stereocenters. The average molecular weight is 314 g/mol. The van der Waals surface area contributed by atoms with E-state index in [1.165, 1.54) is 44.3 Å². The molecule has 1 nitrogen and oxygen atoms in total. The molecule has 2 aliphatic rings. The Hall–Kier alpha value is 0.400. The zero-order chi connectivity index (χ0) is 14.4. The van der Waals surface area contributed by atoms with Crippen molar-refractivity contribution in [2.45, 2.75) is 81.1 Å². The monoisotopic (exact) mass is 313 g/mol. The minimum atomic E-state index is 0.625. The highest BCUT2D eigenvalue weighted by Crippen LogP contribution is 2.39. The van der Waals surface area contributed by atoms with E-state index < -0.39 is 0 Å². The van der Waals surface area contributed by atoms with Crippen LogP contribution in [-0.2, 0) is 0 Å². The van der Waals surface area contributed by atoms with Crippen LogP contribution in [0.2, 0.25) is 0 Å². The number of allylic oxidation sites excluding steroid dienone is 1. The van der Waals surface area contributed by atoms with E-state index in [1.54, 1.807) is 5.57 Å². The number of thioether (sulfide) groups is 2. The molecule has 20 heavy (non-hydrogen) atoms. The van der Waals surface area contributed by atoms with E-state index in [9.17, 15) is 0 Å². The van der Waals surface area contributed by atoms with Crippen LogP contribution in [0.4, 0.5) is 0 Å². The van der Waals surface area contributed by atoms with E-state index in [4.69, 9.17) is 0 Å². The van der Waals surface area contributed by atoms with Crippen LogP contribution >= 0.6 is 23.5 Å². The SMILES string of the molecule is CCCNC(C1=CCCCCC1)C1CSC(C)C(C)S1. The van der Waals surface area contributed by atoms with Crippen LogP contribution in [-0.4, -0.2) is 34.1 Å². The third-order valence-corrected chi connectivity index (χ3v) is 8.03. The zero-order valence-electron chi connectivity index (χ0n) is 13.4. The fraction of sp³-hybridized carbons (Fsp3) is 0.882. The number of hydrogen-bond donors (Lipinski definition) is 1. The van der Waals surface area contributed by atoms with Gasteiger partial charge in [-0.15, -0.1) is 0 Å². The first-order valence-corrected chi connectivity index (χ1v) is 10.4. The molecule has 1 heterocycles. The molecule has 1 aliphatic heterocycles. The van der Waals surface area contributed by atoms with Gasteiger partial charge in [0.25, 0.3) is 0 Å². The topological polar surface area (TPSA) is 12.0 Å². The van der Waals surface area contributed by atoms with Crippen molar-refractivity contribution in [2.24, 2.45) is 0 Å². The molecule has 0 amide bonds. The summed E-state index contributed by atoms with van der Waals surface area (Å²) in [5.41, 5.74) is 1.72. The van der Waals surface area contributed by atoms with Gasteiger partial charge in [-0.1, -0.05) is 38.8 Å². The highest BCUT2D eigenvalue weighted by Gasteiger charge is 2.32. The van der Waals surface area contributed by atoms with Crippen molar-refractivity contribution in [2.75, 3.05) is 12.3 Å². The Labute approximate surface area is 134 Å². The van der Waals surface area contributed by atoms with E-state index >= 15 is 0 Å². The average Bonchev–Trinajstić information content (AvgIpc) is 2.72. The molecule has 1 fully saturated rings. The fourth-order valence-corrected chi connectivity index (χ4v) is 6.24. The van der Waals surface area contributed by atoms with Crippen molar-refractivity contribution in [1.82, 2.24) is 5.32 Å². The van der Waals surface area contributed by atoms with Gasteiger partial charge in [0.1, 0.15) is 0 Å². The van der Waals surface area contributed by atoms with Crippen molar-refractivity contribution >= 4 is 23.5 Å². The summed E-state index contributed by atoms with van der Waals surface area (Å²) >= 11 is 4.41. The Balaban J connectivity index is 2.04. The van der Waals surface area contributed by atoms with Crippen molar-refractivity contribution in [3.8, 4) is 0 Å². The lowest BCUT2D eigenvalue weighted by atomic mass is 9.99. The summed E-state index contributed by atoms with van der Waals surface area (Å²) in [4.78, 5) is 0. The lowest BCUT2D eigenvalue weighted by molar-refractivity contribution is 0.541. The van der Waals surface area contributed by atoms with E-state index in [0.717, 1.165) is 22.3 Å². The summed E-state index contributed by atoms with van der Waals surface area (Å²) in [6.45, 7) is 8.23. The Morgan fingerprint density at radius 2 is 2.10 bits per heavy atom. The zero-order valence-corrected chi connectivity index (χ0v) is 15.0. The number of rotatable bonds is 5. The molecular weight excluding hydrogens is 282 g/mol. The first-order chi connectivity index (χ1) is 9.72. The molecule has 3 heteroatoms. The molecule has 0 aromatic carbocycles. The first-order valence-electron chi connectivity index (χ1n) is 8.41. The Kier molecular flexibility index (Phi) is 7.33. The lowest BCUT2D eigenvalue weighted by Crippen LogP contribution is -2.44. The second-order valence-electron chi connectivity index (χ2n) is 6.23. The summed E-state index contributed by atoms with van der Waals surface area (Å²) in [5, 5.41) is 6.23. The third kappa shape index (κ3) is 4.71. The molecule has 0 radical (unpaired) electrons. The second-order valence-corrected chi connectivity index (χ2v) is 9.26. The van der Waals surface area contributed by atoms with E-state index in [2.05, 4.69) is 55.7 Å². The van der Waals surface area contributed by atoms with Gasteiger partial charge < -0.3 is 5.32 Å². The van der Waals surface area contributed by atoms with Crippen LogP contribution in [0.1, 0.15) is 59.3 Å². The maximum absolute atomic E-state index is 3.87. The number of hydrogen-bond acceptors (Lipinski definition) is 3. The fourth-order valence-electron chi connectivity index (χ4n) is 3.11. The van der Waals surface area contributed by atoms with E-state index in [0.29, 0.717) is 6.04 Å². The van der Waals surface area contributed by atoms with Crippen LogP contribution in [0.5, 0.6) is 0 Å². The molecule has 0 aromatic heterocycles. The molecule has 0 spiro atoms. The molecule has 0 saturated carbocycles. The lowest BCUT2D eigenvalue weighted by Gasteiger charge is -2.37. The number of nitrogens with one attached hydrogen (secondary N) is 1. The molecule has 1 saturated heterocycles. The summed E-state index contributed by atoms with van der Waals surface area (Å²) in [6, 6.07) is 0.625. The van der Waals surface area contributed by atoms with Crippen LogP contribution in [0.15, 0.2) is 11.6 Å². The third-order valence-electron chi connectivity index (χ3n) is 4.54. The van der Waals surface area contributed by atoms with Gasteiger partial charge in [0.2, 0.25) is 0 Å². The van der Waals surface area contributed by atoms with Crippen molar-refractivity contribution in [3.05, 3.63) is 11.6 Å². The molecule has 1 N–H and O–H groups in total. The van der Waals surface area contributed by atoms with E-state index in [-0.39, 0.29) is 0 Å². The van der Waals surface area contributed by atoms with Crippen molar-refractivity contribution in [1.29, 1.82) is 0 Å². The van der Waals surface area contributed by atoms with Gasteiger partial charge >= 0.3 is 0 Å². The normalized spacial score (nSPS) is 33.4. The maximum atomic E-state index is 3.87. The predicted octanol–water partition coefficient (Wildman–Crippen LogP) is 4.87. The minimum Gasteiger partial charge on any atom is -0.309 e. The molecule has 2 rings (SSSR count). The first kappa shape index (κ1) is 16.8. The molecular formula is C17H31NS2. The van der Waals surface area contributed by atoms with Crippen LogP contribution < -0.4 is 5.32 Å². The highest BCUT2D eigenvalue weighted by atomic mass is 32.2. The summed E-state index contributed by atoms with van der Waals surface area (Å²) in [6.07, 6.45) is 10.6. The van der Waals surface area contributed by atoms with Gasteiger partial charge in [-0.2, -0.15) is 23.5 Å². The van der Waals surface area contributed by atoms with Gasteiger partial charge in [0.05, 0.1) is 0 Å². The van der Waals surface area contributed by atoms with Crippen LogP contribution in [0, 0.1) is 0 Å². The molecule has 0 bridgehead atoms. The maximum Gasteiger partial charge on any atom is 0.0407 e. The highest BCUT2D eigenvalue weighted by molar-refractivity contribution is 8.07. The van der Waals surface area contributed by atoms with E-state index in [1.807, 2.05) is 0 Å². The quantitative estimate of drug-likeness (QED) is 0.727. The largest absolute Gasteiger partial charge is 0.309 e. The Morgan fingerprint density at radius 1 is 1.25 bits per heavy atom. The van der Waals surface area contributed by atoms with Crippen molar-refractivity contribution in [3.63, 3.8) is 0 Å². The van der Waals surface area contributed by atoms with Gasteiger partial charge in [0, 0.05) is 27.5 Å². The van der Waals surface area contributed by atoms with Crippen LogP contribution in [0.3, 0.4) is 0 Å². The molecule has 116 valence electrons. The van der Waals surface area contributed by atoms with Gasteiger partial charge in [0.15, 0.2) is 0 Å².